The maximum absolute atomic E-state index is 11.1. The molecule has 0 spiro atoms. The average Bonchev–Trinajstić information content (AvgIpc) is 2.41. The number of nitro groups is 1. The lowest BCUT2D eigenvalue weighted by Gasteiger charge is -2.08. The molecule has 2 rings (SSSR count). The largest absolute Gasteiger partial charge is 0.477 e. The van der Waals surface area contributed by atoms with E-state index in [1.54, 1.807) is 19.9 Å². The highest BCUT2D eigenvalue weighted by Crippen LogP contribution is 2.34. The molecule has 1 aromatic heterocycles. The standard InChI is InChI=1S/C13H11N3O5/c1-7-5-8(2)11(10(6-7)16(19)20)21-13-14-4-3-9(15-13)12(17)18/h3-6H,1-2H3,(H,17,18). The fourth-order valence-corrected chi connectivity index (χ4v) is 1.80. The summed E-state index contributed by atoms with van der Waals surface area (Å²) in [4.78, 5) is 28.8. The molecular formula is C13H11N3O5. The van der Waals surface area contributed by atoms with E-state index >= 15 is 0 Å². The maximum Gasteiger partial charge on any atom is 0.354 e. The van der Waals surface area contributed by atoms with E-state index in [9.17, 15) is 14.9 Å². The minimum absolute atomic E-state index is 0.00635. The first kappa shape index (κ1) is 14.4. The van der Waals surface area contributed by atoms with Gasteiger partial charge in [0.1, 0.15) is 0 Å². The van der Waals surface area contributed by atoms with Gasteiger partial charge in [-0.2, -0.15) is 4.98 Å². The van der Waals surface area contributed by atoms with Crippen LogP contribution in [0.2, 0.25) is 0 Å². The van der Waals surface area contributed by atoms with Gasteiger partial charge in [-0.05, 0) is 31.0 Å². The van der Waals surface area contributed by atoms with E-state index in [1.807, 2.05) is 0 Å². The predicted molar refractivity (Wildman–Crippen MR) is 71.6 cm³/mol. The Morgan fingerprint density at radius 3 is 2.71 bits per heavy atom. The highest BCUT2D eigenvalue weighted by atomic mass is 16.6. The quantitative estimate of drug-likeness (QED) is 0.678. The summed E-state index contributed by atoms with van der Waals surface area (Å²) in [5.41, 5.74) is 0.766. The van der Waals surface area contributed by atoms with Crippen molar-refractivity contribution < 1.29 is 19.6 Å². The molecule has 0 saturated carbocycles. The van der Waals surface area contributed by atoms with Crippen LogP contribution in [0.3, 0.4) is 0 Å². The van der Waals surface area contributed by atoms with Crippen molar-refractivity contribution in [3.63, 3.8) is 0 Å². The number of ether oxygens (including phenoxy) is 1. The number of hydrogen-bond acceptors (Lipinski definition) is 6. The van der Waals surface area contributed by atoms with Crippen LogP contribution in [-0.4, -0.2) is 26.0 Å². The van der Waals surface area contributed by atoms with Crippen LogP contribution in [0.1, 0.15) is 21.6 Å². The summed E-state index contributed by atoms with van der Waals surface area (Å²) in [7, 11) is 0. The summed E-state index contributed by atoms with van der Waals surface area (Å²) in [6.45, 7) is 3.38. The number of carboxylic acids is 1. The van der Waals surface area contributed by atoms with E-state index in [0.29, 0.717) is 11.1 Å². The summed E-state index contributed by atoms with van der Waals surface area (Å²) >= 11 is 0. The Bertz CT molecular complexity index is 730. The molecule has 1 heterocycles. The van der Waals surface area contributed by atoms with Gasteiger partial charge in [-0.1, -0.05) is 6.07 Å². The first-order chi connectivity index (χ1) is 9.88. The van der Waals surface area contributed by atoms with Crippen molar-refractivity contribution in [1.29, 1.82) is 0 Å². The van der Waals surface area contributed by atoms with E-state index < -0.39 is 10.9 Å². The number of carboxylic acid groups (broad SMARTS) is 1. The summed E-state index contributed by atoms with van der Waals surface area (Å²) in [5, 5.41) is 19.9. The molecular weight excluding hydrogens is 278 g/mol. The van der Waals surface area contributed by atoms with Crippen LogP contribution in [0.25, 0.3) is 0 Å². The van der Waals surface area contributed by atoms with Gasteiger partial charge in [0, 0.05) is 12.3 Å². The average molecular weight is 289 g/mol. The molecule has 8 nitrogen and oxygen atoms in total. The summed E-state index contributed by atoms with van der Waals surface area (Å²) in [6.07, 6.45) is 1.21. The zero-order valence-electron chi connectivity index (χ0n) is 11.2. The first-order valence-electron chi connectivity index (χ1n) is 5.88. The Morgan fingerprint density at radius 1 is 1.38 bits per heavy atom. The first-order valence-corrected chi connectivity index (χ1v) is 5.88. The maximum atomic E-state index is 11.1. The number of carbonyl (C=O) groups is 1. The van der Waals surface area contributed by atoms with Crippen LogP contribution in [-0.2, 0) is 0 Å². The molecule has 1 N–H and O–H groups in total. The van der Waals surface area contributed by atoms with E-state index in [4.69, 9.17) is 9.84 Å². The summed E-state index contributed by atoms with van der Waals surface area (Å²) in [5.74, 6) is -1.24. The van der Waals surface area contributed by atoms with Gasteiger partial charge < -0.3 is 9.84 Å². The number of nitrogens with zero attached hydrogens (tertiary/aromatic N) is 3. The van der Waals surface area contributed by atoms with Crippen molar-refractivity contribution in [1.82, 2.24) is 9.97 Å². The van der Waals surface area contributed by atoms with Gasteiger partial charge in [-0.25, -0.2) is 9.78 Å². The molecule has 0 unspecified atom stereocenters. The van der Waals surface area contributed by atoms with Crippen molar-refractivity contribution >= 4 is 11.7 Å². The third-order valence-electron chi connectivity index (χ3n) is 2.64. The van der Waals surface area contributed by atoms with Crippen LogP contribution in [0.15, 0.2) is 24.4 Å². The van der Waals surface area contributed by atoms with E-state index in [1.165, 1.54) is 18.3 Å². The molecule has 0 aliphatic heterocycles. The molecule has 0 atom stereocenters. The topological polar surface area (TPSA) is 115 Å². The molecule has 0 bridgehead atoms. The predicted octanol–water partition coefficient (Wildman–Crippen LogP) is 2.49. The van der Waals surface area contributed by atoms with Gasteiger partial charge in [-0.3, -0.25) is 10.1 Å². The van der Waals surface area contributed by atoms with Gasteiger partial charge in [0.25, 0.3) is 0 Å². The van der Waals surface area contributed by atoms with Gasteiger partial charge in [-0.15, -0.1) is 0 Å². The van der Waals surface area contributed by atoms with Crippen molar-refractivity contribution in [2.45, 2.75) is 13.8 Å². The zero-order chi connectivity index (χ0) is 15.6. The highest BCUT2D eigenvalue weighted by molar-refractivity contribution is 5.85. The Balaban J connectivity index is 2.46. The van der Waals surface area contributed by atoms with Crippen molar-refractivity contribution in [2.24, 2.45) is 0 Å². The van der Waals surface area contributed by atoms with Crippen molar-refractivity contribution in [2.75, 3.05) is 0 Å². The van der Waals surface area contributed by atoms with Crippen molar-refractivity contribution in [3.05, 3.63) is 51.3 Å². The molecule has 21 heavy (non-hydrogen) atoms. The molecule has 0 saturated heterocycles. The minimum Gasteiger partial charge on any atom is -0.477 e. The Hall–Kier alpha value is -3.03. The van der Waals surface area contributed by atoms with E-state index in [-0.39, 0.29) is 23.1 Å². The van der Waals surface area contributed by atoms with Gasteiger partial charge >= 0.3 is 17.7 Å². The molecule has 2 aromatic rings. The fraction of sp³-hybridized carbons (Fsp3) is 0.154. The van der Waals surface area contributed by atoms with E-state index in [0.717, 1.165) is 0 Å². The molecule has 8 heteroatoms. The smallest absolute Gasteiger partial charge is 0.354 e. The second kappa shape index (κ2) is 5.53. The SMILES string of the molecule is Cc1cc(C)c(Oc2nccc(C(=O)O)n2)c([N+](=O)[O-])c1. The number of benzene rings is 1. The molecule has 0 aliphatic carbocycles. The lowest BCUT2D eigenvalue weighted by Crippen LogP contribution is -2.04. The van der Waals surface area contributed by atoms with Crippen molar-refractivity contribution in [3.8, 4) is 11.8 Å². The second-order valence-corrected chi connectivity index (χ2v) is 4.32. The molecule has 0 fully saturated rings. The highest BCUT2D eigenvalue weighted by Gasteiger charge is 2.20. The summed E-state index contributed by atoms with van der Waals surface area (Å²) in [6, 6.07) is 4.02. The normalized spacial score (nSPS) is 10.2. The number of rotatable bonds is 4. The van der Waals surface area contributed by atoms with Gasteiger partial charge in [0.15, 0.2) is 5.69 Å². The number of nitro benzene ring substituents is 1. The minimum atomic E-state index is -1.24. The number of aryl methyl sites for hydroxylation is 2. The lowest BCUT2D eigenvalue weighted by molar-refractivity contribution is -0.385. The second-order valence-electron chi connectivity index (χ2n) is 4.32. The van der Waals surface area contributed by atoms with Gasteiger partial charge in [0.05, 0.1) is 4.92 Å². The van der Waals surface area contributed by atoms with Crippen LogP contribution in [0.5, 0.6) is 11.8 Å². The summed E-state index contributed by atoms with van der Waals surface area (Å²) < 4.78 is 5.32. The molecule has 0 radical (unpaired) electrons. The van der Waals surface area contributed by atoms with E-state index in [2.05, 4.69) is 9.97 Å². The van der Waals surface area contributed by atoms with Crippen LogP contribution in [0, 0.1) is 24.0 Å². The molecule has 108 valence electrons. The van der Waals surface area contributed by atoms with Crippen LogP contribution in [0.4, 0.5) is 5.69 Å². The zero-order valence-corrected chi connectivity index (χ0v) is 11.2. The number of aromatic nitrogens is 2. The fourth-order valence-electron chi connectivity index (χ4n) is 1.80. The Morgan fingerprint density at radius 2 is 2.10 bits per heavy atom. The van der Waals surface area contributed by atoms with Gasteiger partial charge in [0.2, 0.25) is 5.75 Å². The van der Waals surface area contributed by atoms with Crippen LogP contribution < -0.4 is 4.74 Å². The third-order valence-corrected chi connectivity index (χ3v) is 2.64. The molecule has 0 amide bonds. The number of aromatic carboxylic acids is 1. The third kappa shape index (κ3) is 3.11. The Labute approximate surface area is 119 Å². The molecule has 1 aromatic carbocycles. The Kier molecular flexibility index (Phi) is 3.79. The molecule has 0 aliphatic rings. The van der Waals surface area contributed by atoms with Crippen LogP contribution >= 0.6 is 0 Å². The monoisotopic (exact) mass is 289 g/mol. The number of hydrogen-bond donors (Lipinski definition) is 1. The lowest BCUT2D eigenvalue weighted by atomic mass is 10.1.